The predicted octanol–water partition coefficient (Wildman–Crippen LogP) is 5.20. The third-order valence-corrected chi connectivity index (χ3v) is 6.90. The van der Waals surface area contributed by atoms with E-state index in [4.69, 9.17) is 4.74 Å². The van der Waals surface area contributed by atoms with Gasteiger partial charge in [-0.15, -0.1) is 0 Å². The number of nitrogens with one attached hydrogen (secondary N) is 2. The van der Waals surface area contributed by atoms with Crippen LogP contribution in [0.4, 0.5) is 5.69 Å². The van der Waals surface area contributed by atoms with Crippen LogP contribution in [-0.2, 0) is 6.54 Å². The molecule has 38 heavy (non-hydrogen) atoms. The van der Waals surface area contributed by atoms with Gasteiger partial charge in [-0.25, -0.2) is 4.98 Å². The van der Waals surface area contributed by atoms with Gasteiger partial charge in [-0.2, -0.15) is 5.10 Å². The minimum absolute atomic E-state index is 0.219. The molecule has 1 saturated heterocycles. The molecule has 1 amide bonds. The van der Waals surface area contributed by atoms with Crippen LogP contribution >= 0.6 is 0 Å². The van der Waals surface area contributed by atoms with Crippen molar-refractivity contribution in [2.75, 3.05) is 31.6 Å². The fourth-order valence-corrected chi connectivity index (χ4v) is 4.86. The molecule has 8 nitrogen and oxygen atoms in total. The van der Waals surface area contributed by atoms with Gasteiger partial charge in [0.15, 0.2) is 0 Å². The summed E-state index contributed by atoms with van der Waals surface area (Å²) in [4.78, 5) is 23.2. The van der Waals surface area contributed by atoms with E-state index in [1.807, 2.05) is 66.9 Å². The van der Waals surface area contributed by atoms with E-state index in [0.29, 0.717) is 30.0 Å². The van der Waals surface area contributed by atoms with Gasteiger partial charge < -0.3 is 15.0 Å². The maximum Gasteiger partial charge on any atom is 0.258 e. The lowest BCUT2D eigenvalue weighted by Gasteiger charge is -2.15. The Labute approximate surface area is 221 Å². The molecule has 1 aliphatic heterocycles. The molecular weight excluding hydrogens is 476 g/mol. The van der Waals surface area contributed by atoms with Gasteiger partial charge in [-0.05, 0) is 55.3 Å². The van der Waals surface area contributed by atoms with Gasteiger partial charge in [0, 0.05) is 36.1 Å². The zero-order valence-corrected chi connectivity index (χ0v) is 21.1. The first-order chi connectivity index (χ1) is 18.7. The van der Waals surface area contributed by atoms with Crippen molar-refractivity contribution in [3.63, 3.8) is 0 Å². The average Bonchev–Trinajstić information content (AvgIpc) is 3.72. The highest BCUT2D eigenvalue weighted by Crippen LogP contribution is 2.29. The third-order valence-electron chi connectivity index (χ3n) is 6.90. The number of anilines is 1. The van der Waals surface area contributed by atoms with E-state index in [1.165, 1.54) is 25.9 Å². The minimum Gasteiger partial charge on any atom is -0.492 e. The number of rotatable bonds is 9. The standard InChI is InChI=1S/C30H30N6O2/c37-30(25-18-33-36(21-25)20-22-7-2-1-3-8-22)34-28-19-32-29-27(28)16-24(17-31-29)23-9-6-10-26(15-23)38-14-13-35-11-4-5-12-35/h1-3,6-10,15-19,21H,4-5,11-14,20H2,(H,31,32)(H,34,37). The molecule has 0 unspecified atom stereocenters. The van der Waals surface area contributed by atoms with E-state index in [2.05, 4.69) is 25.3 Å². The topological polar surface area (TPSA) is 88.1 Å². The fraction of sp³-hybridized carbons (Fsp3) is 0.233. The number of fused-ring (bicyclic) bond motifs is 1. The highest BCUT2D eigenvalue weighted by Gasteiger charge is 2.14. The number of H-pyrrole nitrogens is 1. The summed E-state index contributed by atoms with van der Waals surface area (Å²) in [6.45, 7) is 4.57. The number of amides is 1. The highest BCUT2D eigenvalue weighted by atomic mass is 16.5. The van der Waals surface area contributed by atoms with Crippen molar-refractivity contribution >= 4 is 22.6 Å². The molecule has 192 valence electrons. The molecule has 1 fully saturated rings. The molecule has 5 aromatic rings. The summed E-state index contributed by atoms with van der Waals surface area (Å²) in [7, 11) is 0. The Hall–Kier alpha value is -4.43. The molecule has 2 N–H and O–H groups in total. The minimum atomic E-state index is -0.219. The molecule has 8 heteroatoms. The summed E-state index contributed by atoms with van der Waals surface area (Å²) in [5, 5.41) is 8.20. The van der Waals surface area contributed by atoms with Gasteiger partial charge in [0.2, 0.25) is 0 Å². The molecule has 0 radical (unpaired) electrons. The lowest BCUT2D eigenvalue weighted by Crippen LogP contribution is -2.25. The summed E-state index contributed by atoms with van der Waals surface area (Å²) >= 11 is 0. The van der Waals surface area contributed by atoms with Gasteiger partial charge >= 0.3 is 0 Å². The number of benzene rings is 2. The van der Waals surface area contributed by atoms with Crippen LogP contribution in [0.2, 0.25) is 0 Å². The summed E-state index contributed by atoms with van der Waals surface area (Å²) < 4.78 is 7.80. The van der Waals surface area contributed by atoms with Crippen LogP contribution in [0.15, 0.2) is 85.5 Å². The number of ether oxygens (including phenoxy) is 1. The molecule has 0 saturated carbocycles. The number of likely N-dealkylation sites (tertiary alicyclic amines) is 1. The monoisotopic (exact) mass is 506 g/mol. The second-order valence-corrected chi connectivity index (χ2v) is 9.61. The van der Waals surface area contributed by atoms with Crippen molar-refractivity contribution in [1.82, 2.24) is 24.6 Å². The van der Waals surface area contributed by atoms with E-state index in [9.17, 15) is 4.79 Å². The van der Waals surface area contributed by atoms with E-state index in [-0.39, 0.29) is 5.91 Å². The first-order valence-corrected chi connectivity index (χ1v) is 13.0. The van der Waals surface area contributed by atoms with Crippen molar-refractivity contribution in [3.8, 4) is 16.9 Å². The smallest absolute Gasteiger partial charge is 0.258 e. The lowest BCUT2D eigenvalue weighted by atomic mass is 10.1. The molecule has 0 bridgehead atoms. The highest BCUT2D eigenvalue weighted by molar-refractivity contribution is 6.08. The third kappa shape index (κ3) is 5.45. The number of aromatic nitrogens is 4. The van der Waals surface area contributed by atoms with Crippen LogP contribution in [0, 0.1) is 0 Å². The van der Waals surface area contributed by atoms with Crippen LogP contribution in [0.3, 0.4) is 0 Å². The zero-order valence-electron chi connectivity index (χ0n) is 21.1. The second kappa shape index (κ2) is 10.9. The summed E-state index contributed by atoms with van der Waals surface area (Å²) in [6.07, 6.45) is 9.52. The largest absolute Gasteiger partial charge is 0.492 e. The van der Waals surface area contributed by atoms with Gasteiger partial charge in [-0.1, -0.05) is 42.5 Å². The Morgan fingerprint density at radius 1 is 1.00 bits per heavy atom. The number of pyridine rings is 1. The van der Waals surface area contributed by atoms with Crippen molar-refractivity contribution in [2.45, 2.75) is 19.4 Å². The van der Waals surface area contributed by atoms with Crippen LogP contribution in [0.5, 0.6) is 5.75 Å². The van der Waals surface area contributed by atoms with E-state index >= 15 is 0 Å². The van der Waals surface area contributed by atoms with Crippen LogP contribution in [-0.4, -0.2) is 56.8 Å². The van der Waals surface area contributed by atoms with E-state index < -0.39 is 0 Å². The molecule has 0 spiro atoms. The maximum absolute atomic E-state index is 13.0. The molecule has 1 aliphatic rings. The number of aromatic amines is 1. The first-order valence-electron chi connectivity index (χ1n) is 13.0. The first kappa shape index (κ1) is 23.9. The fourth-order valence-electron chi connectivity index (χ4n) is 4.86. The average molecular weight is 507 g/mol. The van der Waals surface area contributed by atoms with Gasteiger partial charge in [0.1, 0.15) is 18.0 Å². The second-order valence-electron chi connectivity index (χ2n) is 9.61. The normalized spacial score (nSPS) is 13.7. The molecule has 0 atom stereocenters. The van der Waals surface area contributed by atoms with Crippen LogP contribution < -0.4 is 10.1 Å². The van der Waals surface area contributed by atoms with E-state index in [1.54, 1.807) is 23.3 Å². The Morgan fingerprint density at radius 2 is 1.87 bits per heavy atom. The van der Waals surface area contributed by atoms with Crippen LogP contribution in [0.25, 0.3) is 22.2 Å². The SMILES string of the molecule is O=C(Nc1c[nH]c2ncc(-c3cccc(OCCN4CCCC4)c3)cc12)c1cnn(Cc2ccccc2)c1. The van der Waals surface area contributed by atoms with Crippen molar-refractivity contribution in [1.29, 1.82) is 0 Å². The van der Waals surface area contributed by atoms with Gasteiger partial charge in [0.05, 0.1) is 24.0 Å². The lowest BCUT2D eigenvalue weighted by molar-refractivity contribution is 0.102. The Bertz CT molecular complexity index is 1530. The molecule has 2 aromatic carbocycles. The number of hydrogen-bond donors (Lipinski definition) is 2. The number of carbonyl (C=O) groups excluding carboxylic acids is 1. The quantitative estimate of drug-likeness (QED) is 0.287. The number of carbonyl (C=O) groups is 1. The van der Waals surface area contributed by atoms with E-state index in [0.717, 1.165) is 34.4 Å². The molecule has 6 rings (SSSR count). The van der Waals surface area contributed by atoms with Crippen molar-refractivity contribution in [2.24, 2.45) is 0 Å². The number of nitrogens with zero attached hydrogens (tertiary/aromatic N) is 4. The number of hydrogen-bond acceptors (Lipinski definition) is 5. The Kier molecular flexibility index (Phi) is 6.87. The van der Waals surface area contributed by atoms with Crippen molar-refractivity contribution < 1.29 is 9.53 Å². The van der Waals surface area contributed by atoms with Gasteiger partial charge in [0.25, 0.3) is 5.91 Å². The Morgan fingerprint density at radius 3 is 2.74 bits per heavy atom. The van der Waals surface area contributed by atoms with Gasteiger partial charge in [-0.3, -0.25) is 14.4 Å². The maximum atomic E-state index is 13.0. The molecular formula is C30H30N6O2. The Balaban J connectivity index is 1.15. The summed E-state index contributed by atoms with van der Waals surface area (Å²) in [5.74, 6) is 0.626. The molecule has 4 heterocycles. The van der Waals surface area contributed by atoms with Crippen molar-refractivity contribution in [3.05, 3.63) is 96.6 Å². The predicted molar refractivity (Wildman–Crippen MR) is 148 cm³/mol. The zero-order chi connectivity index (χ0) is 25.7. The summed E-state index contributed by atoms with van der Waals surface area (Å²) in [5.41, 5.74) is 4.97. The molecule has 0 aliphatic carbocycles. The van der Waals surface area contributed by atoms with Crippen LogP contribution in [0.1, 0.15) is 28.8 Å². The summed E-state index contributed by atoms with van der Waals surface area (Å²) in [6, 6.07) is 20.1. The molecule has 3 aromatic heterocycles.